The standard InChI is InChI=1S/C37H56O8/c1-8-10-11-12-13-14-15-16-17-18-28(39)45-36-21-25(5)35-20-24(4)32(44-33(42)23(3)9-2)37(35,43)30(40)26(22-38)19-27(31(35)41)29(36)34(36,6)7/h9,19-20,25,27,29-30,32,38,40,43H,8,10-18,21-22H2,1-7H3/b23-9-/t25-,27+,29+,30-,32+,35+,36+,37+/m1/s1. The van der Waals surface area contributed by atoms with Crippen LogP contribution in [-0.4, -0.2) is 63.1 Å². The van der Waals surface area contributed by atoms with Gasteiger partial charge in [-0.1, -0.05) is 97.3 Å². The molecule has 8 atom stereocenters. The van der Waals surface area contributed by atoms with Gasteiger partial charge in [-0.2, -0.15) is 0 Å². The van der Waals surface area contributed by atoms with Crippen molar-refractivity contribution in [1.29, 1.82) is 0 Å². The molecule has 0 amide bonds. The highest BCUT2D eigenvalue weighted by Gasteiger charge is 2.83. The number of carbonyl (C=O) groups excluding carboxylic acids is 3. The maximum Gasteiger partial charge on any atom is 0.334 e. The molecule has 0 aromatic rings. The molecule has 0 saturated heterocycles. The van der Waals surface area contributed by atoms with Crippen molar-refractivity contribution in [2.45, 2.75) is 143 Å². The quantitative estimate of drug-likeness (QED) is 0.0936. The van der Waals surface area contributed by atoms with E-state index in [0.29, 0.717) is 24.0 Å². The van der Waals surface area contributed by atoms with Crippen LogP contribution >= 0.6 is 0 Å². The Kier molecular flexibility index (Phi) is 10.6. The minimum atomic E-state index is -2.26. The number of hydrogen-bond donors (Lipinski definition) is 3. The van der Waals surface area contributed by atoms with Gasteiger partial charge in [-0.3, -0.25) is 9.59 Å². The predicted octanol–water partition coefficient (Wildman–Crippen LogP) is 5.92. The average Bonchev–Trinajstić information content (AvgIpc) is 3.40. The zero-order chi connectivity index (χ0) is 33.4. The van der Waals surface area contributed by atoms with E-state index in [1.807, 2.05) is 20.8 Å². The molecule has 2 fully saturated rings. The van der Waals surface area contributed by atoms with E-state index in [9.17, 15) is 29.7 Å². The minimum Gasteiger partial charge on any atom is -0.458 e. The molecule has 0 heterocycles. The van der Waals surface area contributed by atoms with Gasteiger partial charge in [-0.05, 0) is 50.7 Å². The first-order valence-corrected chi connectivity index (χ1v) is 17.2. The van der Waals surface area contributed by atoms with Gasteiger partial charge in [0.25, 0.3) is 0 Å². The third-order valence-electron chi connectivity index (χ3n) is 11.8. The molecule has 0 radical (unpaired) electrons. The first-order chi connectivity index (χ1) is 21.2. The monoisotopic (exact) mass is 628 g/mol. The topological polar surface area (TPSA) is 130 Å². The Balaban J connectivity index is 1.60. The number of Topliss-reactive ketones (excluding diaryl/α,β-unsaturated/α-hetero) is 1. The van der Waals surface area contributed by atoms with Crippen LogP contribution in [0.2, 0.25) is 0 Å². The maximum atomic E-state index is 14.8. The lowest BCUT2D eigenvalue weighted by atomic mass is 9.59. The number of ketones is 1. The molecule has 0 aromatic carbocycles. The summed E-state index contributed by atoms with van der Waals surface area (Å²) in [6, 6.07) is 0. The SMILES string of the molecule is C/C=C(/C)C(=O)O[C@H]1C(C)=C[C@]23C(=O)[C@@H](C=C(CO)[C@@H](O)[C@]12O)[C@H]1C(C)(C)[C@]1(OC(=O)CCCCCCCCCCC)C[C@H]3C. The molecule has 1 spiro atoms. The highest BCUT2D eigenvalue weighted by Crippen LogP contribution is 2.75. The number of hydrogen-bond acceptors (Lipinski definition) is 8. The summed E-state index contributed by atoms with van der Waals surface area (Å²) in [5.41, 5.74) is -4.52. The van der Waals surface area contributed by atoms with E-state index in [-0.39, 0.29) is 17.3 Å². The molecule has 2 saturated carbocycles. The molecular formula is C37H56O8. The number of allylic oxidation sites excluding steroid dienone is 2. The summed E-state index contributed by atoms with van der Waals surface area (Å²) >= 11 is 0. The second-order valence-electron chi connectivity index (χ2n) is 14.8. The number of rotatable bonds is 14. The van der Waals surface area contributed by atoms with Crippen molar-refractivity contribution in [3.8, 4) is 0 Å². The van der Waals surface area contributed by atoms with Crippen LogP contribution in [0.3, 0.4) is 0 Å². The maximum absolute atomic E-state index is 14.8. The molecule has 4 aliphatic rings. The number of ether oxygens (including phenoxy) is 2. The Morgan fingerprint density at radius 1 is 1.07 bits per heavy atom. The van der Waals surface area contributed by atoms with Crippen molar-refractivity contribution in [2.24, 2.45) is 28.6 Å². The van der Waals surface area contributed by atoms with Gasteiger partial charge in [-0.25, -0.2) is 4.79 Å². The van der Waals surface area contributed by atoms with Gasteiger partial charge in [0, 0.05) is 29.2 Å². The van der Waals surface area contributed by atoms with E-state index >= 15 is 0 Å². The molecule has 3 N–H and O–H groups in total. The lowest BCUT2D eigenvalue weighted by molar-refractivity contribution is -0.203. The van der Waals surface area contributed by atoms with E-state index in [2.05, 4.69) is 6.92 Å². The van der Waals surface area contributed by atoms with Gasteiger partial charge in [-0.15, -0.1) is 0 Å². The molecule has 0 aliphatic heterocycles. The summed E-state index contributed by atoms with van der Waals surface area (Å²) in [7, 11) is 0. The average molecular weight is 629 g/mol. The van der Waals surface area contributed by atoms with Crippen LogP contribution in [0, 0.1) is 28.6 Å². The van der Waals surface area contributed by atoms with Crippen LogP contribution in [0.15, 0.2) is 34.9 Å². The molecule has 4 rings (SSSR count). The summed E-state index contributed by atoms with van der Waals surface area (Å²) in [6.07, 6.45) is 12.7. The minimum absolute atomic E-state index is 0.0938. The smallest absolute Gasteiger partial charge is 0.334 e. The van der Waals surface area contributed by atoms with Gasteiger partial charge in [0.1, 0.15) is 11.7 Å². The molecule has 8 heteroatoms. The predicted molar refractivity (Wildman–Crippen MR) is 172 cm³/mol. The summed E-state index contributed by atoms with van der Waals surface area (Å²) in [5.74, 6) is -3.08. The number of aliphatic hydroxyl groups excluding tert-OH is 2. The van der Waals surface area contributed by atoms with Crippen molar-refractivity contribution in [3.05, 3.63) is 34.9 Å². The van der Waals surface area contributed by atoms with E-state index in [4.69, 9.17) is 9.47 Å². The van der Waals surface area contributed by atoms with Gasteiger partial charge in [0.2, 0.25) is 0 Å². The van der Waals surface area contributed by atoms with Crippen molar-refractivity contribution in [1.82, 2.24) is 0 Å². The van der Waals surface area contributed by atoms with Crippen molar-refractivity contribution in [3.63, 3.8) is 0 Å². The molecule has 2 bridgehead atoms. The van der Waals surface area contributed by atoms with Crippen LogP contribution < -0.4 is 0 Å². The van der Waals surface area contributed by atoms with E-state index < -0.39 is 64.6 Å². The fourth-order valence-corrected chi connectivity index (χ4v) is 9.05. The van der Waals surface area contributed by atoms with Crippen LogP contribution in [-0.2, 0) is 23.9 Å². The molecule has 252 valence electrons. The Hall–Kier alpha value is -2.29. The number of unbranched alkanes of at least 4 members (excludes halogenated alkanes) is 8. The molecular weight excluding hydrogens is 572 g/mol. The fraction of sp³-hybridized carbons (Fsp3) is 0.757. The summed E-state index contributed by atoms with van der Waals surface area (Å²) < 4.78 is 12.2. The van der Waals surface area contributed by atoms with Crippen molar-refractivity contribution < 1.29 is 39.2 Å². The van der Waals surface area contributed by atoms with Gasteiger partial charge in [0.15, 0.2) is 17.5 Å². The zero-order valence-corrected chi connectivity index (χ0v) is 28.5. The normalized spacial score (nSPS) is 36.6. The van der Waals surface area contributed by atoms with Crippen molar-refractivity contribution >= 4 is 17.7 Å². The number of fused-ring (bicyclic) bond motifs is 3. The third kappa shape index (κ3) is 5.67. The van der Waals surface area contributed by atoms with E-state index in [1.54, 1.807) is 39.0 Å². The first kappa shape index (κ1) is 35.6. The number of aliphatic hydroxyl groups is 3. The second-order valence-corrected chi connectivity index (χ2v) is 14.8. The Morgan fingerprint density at radius 2 is 1.67 bits per heavy atom. The highest BCUT2D eigenvalue weighted by atomic mass is 16.6. The van der Waals surface area contributed by atoms with Crippen LogP contribution in [0.1, 0.15) is 119 Å². The first-order valence-electron chi connectivity index (χ1n) is 17.2. The molecule has 8 nitrogen and oxygen atoms in total. The zero-order valence-electron chi connectivity index (χ0n) is 28.5. The summed E-state index contributed by atoms with van der Waals surface area (Å²) in [6.45, 7) is 12.4. The van der Waals surface area contributed by atoms with Crippen LogP contribution in [0.5, 0.6) is 0 Å². The van der Waals surface area contributed by atoms with E-state index in [1.165, 1.54) is 38.5 Å². The highest BCUT2D eigenvalue weighted by molar-refractivity contribution is 5.96. The molecule has 45 heavy (non-hydrogen) atoms. The van der Waals surface area contributed by atoms with Gasteiger partial charge < -0.3 is 24.8 Å². The fourth-order valence-electron chi connectivity index (χ4n) is 9.05. The Bertz CT molecular complexity index is 1240. The number of esters is 2. The Labute approximate surface area is 269 Å². The molecule has 0 aromatic heterocycles. The van der Waals surface area contributed by atoms with Crippen LogP contribution in [0.4, 0.5) is 0 Å². The number of carbonyl (C=O) groups is 3. The van der Waals surface area contributed by atoms with Crippen LogP contribution in [0.25, 0.3) is 0 Å². The second kappa shape index (κ2) is 13.4. The summed E-state index contributed by atoms with van der Waals surface area (Å²) in [4.78, 5) is 41.1. The Morgan fingerprint density at radius 3 is 2.24 bits per heavy atom. The largest absolute Gasteiger partial charge is 0.458 e. The van der Waals surface area contributed by atoms with Gasteiger partial charge >= 0.3 is 11.9 Å². The van der Waals surface area contributed by atoms with Gasteiger partial charge in [0.05, 0.1) is 12.0 Å². The van der Waals surface area contributed by atoms with Crippen molar-refractivity contribution in [2.75, 3.05) is 6.61 Å². The summed E-state index contributed by atoms with van der Waals surface area (Å²) in [5, 5.41) is 34.8. The van der Waals surface area contributed by atoms with E-state index in [0.717, 1.165) is 19.3 Å². The third-order valence-corrected chi connectivity index (χ3v) is 11.8. The lowest BCUT2D eigenvalue weighted by Crippen LogP contribution is -2.66. The molecule has 0 unspecified atom stereocenters. The lowest BCUT2D eigenvalue weighted by Gasteiger charge is -2.49. The molecule has 4 aliphatic carbocycles.